The summed E-state index contributed by atoms with van der Waals surface area (Å²) in [5, 5.41) is 10.00. The Hall–Kier alpha value is -0.570. The molecule has 0 bridgehead atoms. The second kappa shape index (κ2) is 6.83. The number of esters is 1. The van der Waals surface area contributed by atoms with Crippen LogP contribution in [-0.2, 0) is 9.53 Å². The highest BCUT2D eigenvalue weighted by Gasteiger charge is 2.26. The maximum Gasteiger partial charge on any atom is 0.302 e. The van der Waals surface area contributed by atoms with Crippen LogP contribution >= 0.6 is 0 Å². The van der Waals surface area contributed by atoms with Crippen LogP contribution in [0.4, 0.5) is 0 Å². The maximum atomic E-state index is 10.8. The first-order chi connectivity index (χ1) is 6.88. The van der Waals surface area contributed by atoms with E-state index in [2.05, 4.69) is 13.8 Å². The molecule has 0 aromatic heterocycles. The van der Waals surface area contributed by atoms with E-state index in [1.807, 2.05) is 13.8 Å². The molecule has 0 spiro atoms. The Balaban J connectivity index is 4.23. The first-order valence-electron chi connectivity index (χ1n) is 5.73. The highest BCUT2D eigenvalue weighted by atomic mass is 16.6. The molecule has 0 amide bonds. The Bertz CT molecular complexity index is 189. The van der Waals surface area contributed by atoms with Crippen LogP contribution in [0.2, 0.25) is 0 Å². The van der Waals surface area contributed by atoms with Gasteiger partial charge in [-0.25, -0.2) is 0 Å². The molecule has 3 unspecified atom stereocenters. The second-order valence-corrected chi connectivity index (χ2v) is 4.65. The Morgan fingerprint density at radius 1 is 1.33 bits per heavy atom. The monoisotopic (exact) mass is 216 g/mol. The number of rotatable bonds is 6. The molecule has 3 nitrogen and oxygen atoms in total. The van der Waals surface area contributed by atoms with Crippen molar-refractivity contribution >= 4 is 5.97 Å². The summed E-state index contributed by atoms with van der Waals surface area (Å²) in [6.07, 6.45) is 0.680. The van der Waals surface area contributed by atoms with E-state index in [4.69, 9.17) is 4.74 Å². The van der Waals surface area contributed by atoms with Gasteiger partial charge >= 0.3 is 5.97 Å². The Kier molecular flexibility index (Phi) is 6.57. The van der Waals surface area contributed by atoms with Crippen molar-refractivity contribution in [3.8, 4) is 0 Å². The molecule has 0 aliphatic carbocycles. The van der Waals surface area contributed by atoms with E-state index in [1.54, 1.807) is 0 Å². The van der Waals surface area contributed by atoms with Crippen LogP contribution in [0.25, 0.3) is 0 Å². The van der Waals surface area contributed by atoms with Gasteiger partial charge in [0.15, 0.2) is 0 Å². The topological polar surface area (TPSA) is 46.5 Å². The van der Waals surface area contributed by atoms with Crippen molar-refractivity contribution in [2.75, 3.05) is 0 Å². The number of hydrogen-bond donors (Lipinski definition) is 1. The number of aliphatic hydroxyl groups excluding tert-OH is 1. The van der Waals surface area contributed by atoms with E-state index in [0.717, 1.165) is 6.42 Å². The molecule has 0 saturated carbocycles. The molecule has 0 heterocycles. The SMILES string of the molecule is CCC(OC(C)=O)C(O)C(C)CC(C)C. The lowest BCUT2D eigenvalue weighted by Gasteiger charge is -2.27. The molecule has 0 aliphatic rings. The highest BCUT2D eigenvalue weighted by molar-refractivity contribution is 5.66. The lowest BCUT2D eigenvalue weighted by atomic mass is 9.90. The van der Waals surface area contributed by atoms with E-state index in [1.165, 1.54) is 6.92 Å². The van der Waals surface area contributed by atoms with E-state index in [-0.39, 0.29) is 18.0 Å². The zero-order valence-corrected chi connectivity index (χ0v) is 10.5. The summed E-state index contributed by atoms with van der Waals surface area (Å²) in [6, 6.07) is 0. The molecule has 15 heavy (non-hydrogen) atoms. The molecular weight excluding hydrogens is 192 g/mol. The summed E-state index contributed by atoms with van der Waals surface area (Å²) in [7, 11) is 0. The number of carbonyl (C=O) groups excluding carboxylic acids is 1. The first-order valence-corrected chi connectivity index (χ1v) is 5.73. The van der Waals surface area contributed by atoms with Gasteiger partial charge < -0.3 is 9.84 Å². The predicted octanol–water partition coefficient (Wildman–Crippen LogP) is 2.37. The summed E-state index contributed by atoms with van der Waals surface area (Å²) >= 11 is 0. The van der Waals surface area contributed by atoms with Gasteiger partial charge in [0.2, 0.25) is 0 Å². The smallest absolute Gasteiger partial charge is 0.302 e. The minimum atomic E-state index is -0.554. The van der Waals surface area contributed by atoms with Crippen LogP contribution in [0.15, 0.2) is 0 Å². The zero-order valence-electron chi connectivity index (χ0n) is 10.5. The van der Waals surface area contributed by atoms with Crippen LogP contribution in [0.5, 0.6) is 0 Å². The van der Waals surface area contributed by atoms with E-state index < -0.39 is 6.10 Å². The van der Waals surface area contributed by atoms with Crippen LogP contribution < -0.4 is 0 Å². The van der Waals surface area contributed by atoms with Crippen molar-refractivity contribution in [1.82, 2.24) is 0 Å². The molecule has 0 fully saturated rings. The van der Waals surface area contributed by atoms with Crippen LogP contribution in [0.3, 0.4) is 0 Å². The maximum absolute atomic E-state index is 10.8. The molecule has 0 aliphatic heterocycles. The lowest BCUT2D eigenvalue weighted by Crippen LogP contribution is -2.35. The minimum absolute atomic E-state index is 0.161. The fourth-order valence-electron chi connectivity index (χ4n) is 1.86. The van der Waals surface area contributed by atoms with Gasteiger partial charge in [-0.1, -0.05) is 27.7 Å². The summed E-state index contributed by atoms with van der Waals surface area (Å²) in [5.41, 5.74) is 0. The van der Waals surface area contributed by atoms with Crippen molar-refractivity contribution in [1.29, 1.82) is 0 Å². The molecule has 0 aromatic rings. The average molecular weight is 216 g/mol. The van der Waals surface area contributed by atoms with Crippen molar-refractivity contribution in [3.63, 3.8) is 0 Å². The van der Waals surface area contributed by atoms with Crippen molar-refractivity contribution in [2.24, 2.45) is 11.8 Å². The molecule has 1 N–H and O–H groups in total. The quantitative estimate of drug-likeness (QED) is 0.693. The molecule has 0 radical (unpaired) electrons. The van der Waals surface area contributed by atoms with Crippen LogP contribution in [0, 0.1) is 11.8 Å². The molecule has 90 valence electrons. The zero-order chi connectivity index (χ0) is 12.0. The summed E-state index contributed by atoms with van der Waals surface area (Å²) in [5.74, 6) is 0.386. The lowest BCUT2D eigenvalue weighted by molar-refractivity contribution is -0.154. The van der Waals surface area contributed by atoms with Crippen molar-refractivity contribution < 1.29 is 14.6 Å². The Labute approximate surface area is 92.8 Å². The fourth-order valence-corrected chi connectivity index (χ4v) is 1.86. The van der Waals surface area contributed by atoms with Gasteiger partial charge in [0.25, 0.3) is 0 Å². The first kappa shape index (κ1) is 14.4. The van der Waals surface area contributed by atoms with Crippen LogP contribution in [-0.4, -0.2) is 23.3 Å². The van der Waals surface area contributed by atoms with E-state index in [0.29, 0.717) is 12.3 Å². The van der Waals surface area contributed by atoms with Crippen LogP contribution in [0.1, 0.15) is 47.5 Å². The van der Waals surface area contributed by atoms with Gasteiger partial charge in [-0.15, -0.1) is 0 Å². The fraction of sp³-hybridized carbons (Fsp3) is 0.917. The van der Waals surface area contributed by atoms with E-state index in [9.17, 15) is 9.90 Å². The third kappa shape index (κ3) is 5.78. The highest BCUT2D eigenvalue weighted by Crippen LogP contribution is 2.20. The predicted molar refractivity (Wildman–Crippen MR) is 60.5 cm³/mol. The van der Waals surface area contributed by atoms with Crippen molar-refractivity contribution in [2.45, 2.75) is 59.7 Å². The average Bonchev–Trinajstić information content (AvgIpc) is 2.11. The minimum Gasteiger partial charge on any atom is -0.460 e. The van der Waals surface area contributed by atoms with Gasteiger partial charge in [0.05, 0.1) is 6.10 Å². The van der Waals surface area contributed by atoms with Gasteiger partial charge in [0.1, 0.15) is 6.10 Å². The van der Waals surface area contributed by atoms with Gasteiger partial charge in [0, 0.05) is 6.92 Å². The Morgan fingerprint density at radius 3 is 2.20 bits per heavy atom. The largest absolute Gasteiger partial charge is 0.460 e. The molecular formula is C12H24O3. The number of aliphatic hydroxyl groups is 1. The summed E-state index contributed by atoms with van der Waals surface area (Å²) < 4.78 is 5.08. The van der Waals surface area contributed by atoms with Gasteiger partial charge in [-0.2, -0.15) is 0 Å². The van der Waals surface area contributed by atoms with E-state index >= 15 is 0 Å². The molecule has 0 saturated heterocycles. The molecule has 3 atom stereocenters. The standard InChI is InChI=1S/C12H24O3/c1-6-11(15-10(5)13)12(14)9(4)7-8(2)3/h8-9,11-12,14H,6-7H2,1-5H3. The third-order valence-electron chi connectivity index (χ3n) is 2.53. The number of ether oxygens (including phenoxy) is 1. The number of hydrogen-bond acceptors (Lipinski definition) is 3. The third-order valence-corrected chi connectivity index (χ3v) is 2.53. The van der Waals surface area contributed by atoms with Gasteiger partial charge in [-0.3, -0.25) is 4.79 Å². The Morgan fingerprint density at radius 2 is 1.87 bits per heavy atom. The summed E-state index contributed by atoms with van der Waals surface area (Å²) in [6.45, 7) is 9.53. The molecule has 3 heteroatoms. The number of carbonyl (C=O) groups is 1. The molecule has 0 aromatic carbocycles. The van der Waals surface area contributed by atoms with Gasteiger partial charge in [-0.05, 0) is 24.7 Å². The normalized spacial score (nSPS) is 17.3. The van der Waals surface area contributed by atoms with Crippen molar-refractivity contribution in [3.05, 3.63) is 0 Å². The summed E-state index contributed by atoms with van der Waals surface area (Å²) in [4.78, 5) is 10.8. The molecule has 0 rings (SSSR count). The second-order valence-electron chi connectivity index (χ2n) is 4.65.